The van der Waals surface area contributed by atoms with Crippen LogP contribution in [0.3, 0.4) is 0 Å². The van der Waals surface area contributed by atoms with Crippen molar-refractivity contribution in [3.63, 3.8) is 0 Å². The van der Waals surface area contributed by atoms with E-state index in [-0.39, 0.29) is 10.6 Å². The average Bonchev–Trinajstić information content (AvgIpc) is 2.57. The third-order valence-corrected chi connectivity index (χ3v) is 2.68. The fourth-order valence-electron chi connectivity index (χ4n) is 1.59. The lowest BCUT2D eigenvalue weighted by Gasteiger charge is -2.07. The van der Waals surface area contributed by atoms with E-state index in [0.29, 0.717) is 5.82 Å². The highest BCUT2D eigenvalue weighted by Gasteiger charge is 2.16. The van der Waals surface area contributed by atoms with E-state index >= 15 is 0 Å². The fourth-order valence-corrected chi connectivity index (χ4v) is 1.86. The number of rotatable bonds is 2. The summed E-state index contributed by atoms with van der Waals surface area (Å²) in [7, 11) is 0. The third kappa shape index (κ3) is 2.01. The number of carboxylic acids is 1. The van der Waals surface area contributed by atoms with E-state index in [9.17, 15) is 4.79 Å². The molecule has 2 aromatic heterocycles. The molecule has 0 atom stereocenters. The first-order chi connectivity index (χ1) is 8.00. The smallest absolute Gasteiger partial charge is 0.337 e. The van der Waals surface area contributed by atoms with E-state index < -0.39 is 5.97 Å². The molecule has 0 radical (unpaired) electrons. The molecule has 0 amide bonds. The molecule has 5 nitrogen and oxygen atoms in total. The second kappa shape index (κ2) is 4.18. The molecular weight excluding hydrogens is 242 g/mol. The zero-order valence-corrected chi connectivity index (χ0v) is 10.1. The van der Waals surface area contributed by atoms with Crippen molar-refractivity contribution in [2.24, 2.45) is 0 Å². The van der Waals surface area contributed by atoms with Crippen LogP contribution in [0.2, 0.25) is 5.02 Å². The molecular formula is C11H10ClN3O2. The lowest BCUT2D eigenvalue weighted by molar-refractivity contribution is 0.0697. The van der Waals surface area contributed by atoms with Crippen molar-refractivity contribution in [3.8, 4) is 5.82 Å². The number of carboxylic acid groups (broad SMARTS) is 1. The number of nitrogens with zero attached hydrogens (tertiary/aromatic N) is 3. The van der Waals surface area contributed by atoms with Gasteiger partial charge in [-0.05, 0) is 26.0 Å². The van der Waals surface area contributed by atoms with E-state index in [1.807, 2.05) is 19.9 Å². The molecule has 2 aromatic rings. The first-order valence-electron chi connectivity index (χ1n) is 4.92. The largest absolute Gasteiger partial charge is 0.478 e. The van der Waals surface area contributed by atoms with Crippen molar-refractivity contribution in [1.29, 1.82) is 0 Å². The number of halogens is 1. The molecule has 0 fully saturated rings. The van der Waals surface area contributed by atoms with Crippen LogP contribution in [0.25, 0.3) is 5.82 Å². The summed E-state index contributed by atoms with van der Waals surface area (Å²) in [5.41, 5.74) is 1.68. The molecule has 0 spiro atoms. The molecule has 2 heterocycles. The monoisotopic (exact) mass is 251 g/mol. The van der Waals surface area contributed by atoms with Gasteiger partial charge >= 0.3 is 5.97 Å². The van der Waals surface area contributed by atoms with Crippen LogP contribution < -0.4 is 0 Å². The van der Waals surface area contributed by atoms with Gasteiger partial charge in [0.15, 0.2) is 5.82 Å². The minimum atomic E-state index is -1.08. The molecule has 17 heavy (non-hydrogen) atoms. The maximum absolute atomic E-state index is 11.0. The quantitative estimate of drug-likeness (QED) is 0.889. The molecule has 0 unspecified atom stereocenters. The summed E-state index contributed by atoms with van der Waals surface area (Å²) in [6.07, 6.45) is 1.40. The number of carbonyl (C=O) groups is 1. The maximum atomic E-state index is 11.0. The average molecular weight is 252 g/mol. The Hall–Kier alpha value is -1.88. The van der Waals surface area contributed by atoms with Crippen molar-refractivity contribution < 1.29 is 9.90 Å². The second-order valence-electron chi connectivity index (χ2n) is 3.64. The summed E-state index contributed by atoms with van der Waals surface area (Å²) < 4.78 is 1.53. The van der Waals surface area contributed by atoms with Gasteiger partial charge in [0.25, 0.3) is 0 Å². The molecule has 0 aromatic carbocycles. The molecule has 1 N–H and O–H groups in total. The Morgan fingerprint density at radius 1 is 1.47 bits per heavy atom. The minimum Gasteiger partial charge on any atom is -0.478 e. The molecule has 88 valence electrons. The SMILES string of the molecule is Cc1cc(C)n(-c2nccc(C(=O)O)c2Cl)n1. The number of aryl methyl sites for hydroxylation is 2. The molecule has 0 aliphatic heterocycles. The van der Waals surface area contributed by atoms with Gasteiger partial charge in [0.05, 0.1) is 16.3 Å². The fraction of sp³-hybridized carbons (Fsp3) is 0.182. The van der Waals surface area contributed by atoms with E-state index in [2.05, 4.69) is 10.1 Å². The Morgan fingerprint density at radius 3 is 2.71 bits per heavy atom. The Labute approximate surface area is 103 Å². The van der Waals surface area contributed by atoms with Gasteiger partial charge in [-0.15, -0.1) is 0 Å². The predicted octanol–water partition coefficient (Wildman–Crippen LogP) is 2.24. The van der Waals surface area contributed by atoms with Crippen molar-refractivity contribution in [2.75, 3.05) is 0 Å². The summed E-state index contributed by atoms with van der Waals surface area (Å²) >= 11 is 6.02. The van der Waals surface area contributed by atoms with Gasteiger partial charge in [-0.2, -0.15) is 5.10 Å². The number of hydrogen-bond acceptors (Lipinski definition) is 3. The Balaban J connectivity index is 2.64. The van der Waals surface area contributed by atoms with Gasteiger partial charge < -0.3 is 5.11 Å². The first kappa shape index (κ1) is 11.6. The van der Waals surface area contributed by atoms with Crippen LogP contribution in [0.15, 0.2) is 18.3 Å². The van der Waals surface area contributed by atoms with Crippen LogP contribution in [0.4, 0.5) is 0 Å². The zero-order valence-electron chi connectivity index (χ0n) is 9.31. The first-order valence-corrected chi connectivity index (χ1v) is 5.30. The Kier molecular flexibility index (Phi) is 2.85. The number of aromatic carboxylic acids is 1. The van der Waals surface area contributed by atoms with Gasteiger partial charge in [-0.25, -0.2) is 14.5 Å². The zero-order chi connectivity index (χ0) is 12.6. The summed E-state index contributed by atoms with van der Waals surface area (Å²) in [6, 6.07) is 3.23. The lowest BCUT2D eigenvalue weighted by Crippen LogP contribution is -2.07. The summed E-state index contributed by atoms with van der Waals surface area (Å²) in [6.45, 7) is 3.70. The normalized spacial score (nSPS) is 10.5. The highest BCUT2D eigenvalue weighted by molar-refractivity contribution is 6.35. The van der Waals surface area contributed by atoms with Gasteiger partial charge in [0.2, 0.25) is 0 Å². The van der Waals surface area contributed by atoms with Crippen molar-refractivity contribution in [2.45, 2.75) is 13.8 Å². The molecule has 0 aliphatic rings. The number of hydrogen-bond donors (Lipinski definition) is 1. The highest BCUT2D eigenvalue weighted by atomic mass is 35.5. The van der Waals surface area contributed by atoms with Crippen molar-refractivity contribution >= 4 is 17.6 Å². The topological polar surface area (TPSA) is 68.0 Å². The molecule has 0 saturated carbocycles. The predicted molar refractivity (Wildman–Crippen MR) is 62.8 cm³/mol. The van der Waals surface area contributed by atoms with Crippen LogP contribution in [0, 0.1) is 13.8 Å². The Bertz CT molecular complexity index is 592. The summed E-state index contributed by atoms with van der Waals surface area (Å²) in [5.74, 6) is -0.752. The standard InChI is InChI=1S/C11H10ClN3O2/c1-6-5-7(2)15(14-6)10-9(12)8(11(16)17)3-4-13-10/h3-5H,1-2H3,(H,16,17). The second-order valence-corrected chi connectivity index (χ2v) is 4.02. The van der Waals surface area contributed by atoms with Gasteiger partial charge in [-0.1, -0.05) is 11.6 Å². The maximum Gasteiger partial charge on any atom is 0.337 e. The van der Waals surface area contributed by atoms with E-state index in [0.717, 1.165) is 11.4 Å². The molecule has 2 rings (SSSR count). The van der Waals surface area contributed by atoms with E-state index in [1.165, 1.54) is 16.9 Å². The van der Waals surface area contributed by atoms with E-state index in [1.54, 1.807) is 0 Å². The Morgan fingerprint density at radius 2 is 2.18 bits per heavy atom. The number of pyridine rings is 1. The van der Waals surface area contributed by atoms with Gasteiger partial charge in [-0.3, -0.25) is 0 Å². The number of aromatic nitrogens is 3. The summed E-state index contributed by atoms with van der Waals surface area (Å²) in [5, 5.41) is 13.3. The molecule has 6 heteroatoms. The lowest BCUT2D eigenvalue weighted by atomic mass is 10.2. The van der Waals surface area contributed by atoms with Crippen LogP contribution >= 0.6 is 11.6 Å². The van der Waals surface area contributed by atoms with Crippen molar-refractivity contribution in [3.05, 3.63) is 40.3 Å². The summed E-state index contributed by atoms with van der Waals surface area (Å²) in [4.78, 5) is 15.0. The van der Waals surface area contributed by atoms with Crippen LogP contribution in [0.5, 0.6) is 0 Å². The van der Waals surface area contributed by atoms with Crippen molar-refractivity contribution in [1.82, 2.24) is 14.8 Å². The van der Waals surface area contributed by atoms with E-state index in [4.69, 9.17) is 16.7 Å². The molecule has 0 saturated heterocycles. The van der Waals surface area contributed by atoms with Gasteiger partial charge in [0.1, 0.15) is 0 Å². The molecule has 0 bridgehead atoms. The van der Waals surface area contributed by atoms with Crippen LogP contribution in [0.1, 0.15) is 21.7 Å². The van der Waals surface area contributed by atoms with Gasteiger partial charge in [0, 0.05) is 11.9 Å². The minimum absolute atomic E-state index is 0.0178. The van der Waals surface area contributed by atoms with Crippen LogP contribution in [-0.2, 0) is 0 Å². The highest BCUT2D eigenvalue weighted by Crippen LogP contribution is 2.23. The molecule has 0 aliphatic carbocycles. The third-order valence-electron chi connectivity index (χ3n) is 2.31. The van der Waals surface area contributed by atoms with Crippen LogP contribution in [-0.4, -0.2) is 25.8 Å².